The second kappa shape index (κ2) is 5.87. The Hall–Kier alpha value is -3.24. The Morgan fingerprint density at radius 3 is 2.57 bits per heavy atom. The Morgan fingerprint density at radius 1 is 1.13 bits per heavy atom. The van der Waals surface area contributed by atoms with Gasteiger partial charge in [0.2, 0.25) is 5.95 Å². The minimum absolute atomic E-state index is 0.0840. The zero-order chi connectivity index (χ0) is 16.4. The summed E-state index contributed by atoms with van der Waals surface area (Å²) in [6, 6.07) is 9.60. The lowest BCUT2D eigenvalue weighted by Gasteiger charge is -2.08. The van der Waals surface area contributed by atoms with Gasteiger partial charge in [-0.2, -0.15) is 4.98 Å². The van der Waals surface area contributed by atoms with Crippen LogP contribution < -0.4 is 10.5 Å². The third-order valence-electron chi connectivity index (χ3n) is 3.17. The third-order valence-corrected chi connectivity index (χ3v) is 3.17. The second-order valence-corrected chi connectivity index (χ2v) is 4.79. The Bertz CT molecular complexity index is 931. The lowest BCUT2D eigenvalue weighted by Crippen LogP contribution is -2.02. The van der Waals surface area contributed by atoms with Crippen LogP contribution in [0.2, 0.25) is 0 Å². The van der Waals surface area contributed by atoms with E-state index in [2.05, 4.69) is 27.3 Å². The van der Waals surface area contributed by atoms with Crippen molar-refractivity contribution in [2.45, 2.75) is 6.92 Å². The predicted molar refractivity (Wildman–Crippen MR) is 86.1 cm³/mol. The number of nitrogen functional groups attached to an aromatic ring is 1. The molecule has 114 valence electrons. The standard InChI is InChI=1S/C17H13FN4O/c1-3-10(2)23-16-15-14(21-17(19)22-16)9-8-13(20-15)11-4-6-12(18)7-5-11/h4-9H,1H2,2H3,(H2,19,21,22). The molecule has 1 aromatic carbocycles. The van der Waals surface area contributed by atoms with E-state index in [0.29, 0.717) is 22.5 Å². The number of hydrogen-bond acceptors (Lipinski definition) is 5. The maximum Gasteiger partial charge on any atom is 0.251 e. The van der Waals surface area contributed by atoms with Crippen molar-refractivity contribution in [2.75, 3.05) is 5.73 Å². The van der Waals surface area contributed by atoms with Crippen LogP contribution in [-0.4, -0.2) is 15.0 Å². The predicted octanol–water partition coefficient (Wildman–Crippen LogP) is 3.48. The molecule has 0 spiro atoms. The zero-order valence-corrected chi connectivity index (χ0v) is 12.4. The first-order valence-electron chi connectivity index (χ1n) is 6.81. The minimum atomic E-state index is -0.304. The van der Waals surface area contributed by atoms with Crippen LogP contribution in [-0.2, 0) is 0 Å². The molecular weight excluding hydrogens is 295 g/mol. The van der Waals surface area contributed by atoms with Gasteiger partial charge in [0.25, 0.3) is 5.88 Å². The van der Waals surface area contributed by atoms with Crippen LogP contribution in [0.15, 0.2) is 54.5 Å². The molecule has 2 aromatic heterocycles. The summed E-state index contributed by atoms with van der Waals surface area (Å²) < 4.78 is 18.6. The summed E-state index contributed by atoms with van der Waals surface area (Å²) >= 11 is 0. The molecule has 0 bridgehead atoms. The first-order valence-corrected chi connectivity index (χ1v) is 6.81. The van der Waals surface area contributed by atoms with Crippen molar-refractivity contribution < 1.29 is 9.13 Å². The van der Waals surface area contributed by atoms with Gasteiger partial charge >= 0.3 is 0 Å². The van der Waals surface area contributed by atoms with Gasteiger partial charge in [-0.3, -0.25) is 0 Å². The Labute approximate surface area is 132 Å². The summed E-state index contributed by atoms with van der Waals surface area (Å²) in [7, 11) is 0. The third kappa shape index (κ3) is 3.02. The largest absolute Gasteiger partial charge is 0.433 e. The molecule has 0 aliphatic heterocycles. The van der Waals surface area contributed by atoms with Gasteiger partial charge in [0.05, 0.1) is 11.2 Å². The van der Waals surface area contributed by atoms with Crippen LogP contribution in [0, 0.1) is 5.82 Å². The maximum absolute atomic E-state index is 13.1. The van der Waals surface area contributed by atoms with Crippen molar-refractivity contribution in [3.05, 3.63) is 60.3 Å². The molecule has 3 aromatic rings. The lowest BCUT2D eigenvalue weighted by molar-refractivity contribution is 0.417. The SMILES string of the molecule is C=C=C(C)Oc1nc(N)nc2ccc(-c3ccc(F)cc3)nc12. The van der Waals surface area contributed by atoms with Crippen LogP contribution in [0.5, 0.6) is 5.88 Å². The molecule has 3 rings (SSSR count). The van der Waals surface area contributed by atoms with Gasteiger partial charge in [0.1, 0.15) is 11.6 Å². The van der Waals surface area contributed by atoms with Gasteiger partial charge in [0.15, 0.2) is 5.52 Å². The van der Waals surface area contributed by atoms with Gasteiger partial charge in [-0.05, 0) is 36.4 Å². The fourth-order valence-electron chi connectivity index (χ4n) is 2.04. The van der Waals surface area contributed by atoms with E-state index in [9.17, 15) is 4.39 Å². The molecular formula is C17H13FN4O. The summed E-state index contributed by atoms with van der Waals surface area (Å²) in [6.07, 6.45) is 0. The van der Waals surface area contributed by atoms with E-state index >= 15 is 0 Å². The average molecular weight is 308 g/mol. The number of halogens is 1. The molecule has 0 saturated carbocycles. The van der Waals surface area contributed by atoms with E-state index in [-0.39, 0.29) is 17.6 Å². The van der Waals surface area contributed by atoms with Gasteiger partial charge in [-0.15, -0.1) is 0 Å². The Morgan fingerprint density at radius 2 is 1.87 bits per heavy atom. The van der Waals surface area contributed by atoms with Gasteiger partial charge in [0, 0.05) is 12.5 Å². The normalized spacial score (nSPS) is 10.3. The number of pyridine rings is 1. The van der Waals surface area contributed by atoms with Crippen molar-refractivity contribution in [2.24, 2.45) is 0 Å². The van der Waals surface area contributed by atoms with E-state index in [4.69, 9.17) is 10.5 Å². The number of nitrogens with two attached hydrogens (primary N) is 1. The fraction of sp³-hybridized carbons (Fsp3) is 0.0588. The highest BCUT2D eigenvalue weighted by Gasteiger charge is 2.12. The molecule has 5 nitrogen and oxygen atoms in total. The number of fused-ring (bicyclic) bond motifs is 1. The number of nitrogens with zero attached hydrogens (tertiary/aromatic N) is 3. The molecule has 0 saturated heterocycles. The lowest BCUT2D eigenvalue weighted by atomic mass is 10.1. The summed E-state index contributed by atoms with van der Waals surface area (Å²) in [5, 5.41) is 0. The van der Waals surface area contributed by atoms with Crippen molar-refractivity contribution in [1.29, 1.82) is 0 Å². The van der Waals surface area contributed by atoms with Crippen molar-refractivity contribution in [3.63, 3.8) is 0 Å². The van der Waals surface area contributed by atoms with Crippen molar-refractivity contribution in [1.82, 2.24) is 15.0 Å². The van der Waals surface area contributed by atoms with Crippen LogP contribution in [0.4, 0.5) is 10.3 Å². The molecule has 6 heteroatoms. The topological polar surface area (TPSA) is 73.9 Å². The second-order valence-electron chi connectivity index (χ2n) is 4.79. The van der Waals surface area contributed by atoms with Gasteiger partial charge < -0.3 is 10.5 Å². The number of hydrogen-bond donors (Lipinski definition) is 1. The molecule has 0 fully saturated rings. The van der Waals surface area contributed by atoms with Crippen LogP contribution in [0.3, 0.4) is 0 Å². The number of aromatic nitrogens is 3. The molecule has 2 heterocycles. The van der Waals surface area contributed by atoms with E-state index in [0.717, 1.165) is 5.56 Å². The molecule has 23 heavy (non-hydrogen) atoms. The number of allylic oxidation sites excluding steroid dienone is 1. The number of benzene rings is 1. The first kappa shape index (κ1) is 14.7. The van der Waals surface area contributed by atoms with Crippen LogP contribution >= 0.6 is 0 Å². The van der Waals surface area contributed by atoms with E-state index < -0.39 is 0 Å². The van der Waals surface area contributed by atoms with Crippen molar-refractivity contribution in [3.8, 4) is 17.1 Å². The molecule has 0 aliphatic carbocycles. The summed E-state index contributed by atoms with van der Waals surface area (Å²) in [5.41, 5.74) is 10.7. The summed E-state index contributed by atoms with van der Waals surface area (Å²) in [6.45, 7) is 5.21. The maximum atomic E-state index is 13.1. The molecule has 0 amide bonds. The van der Waals surface area contributed by atoms with E-state index in [1.807, 2.05) is 0 Å². The summed E-state index contributed by atoms with van der Waals surface area (Å²) in [5.74, 6) is 0.450. The zero-order valence-electron chi connectivity index (χ0n) is 12.4. The molecule has 0 atom stereocenters. The van der Waals surface area contributed by atoms with Crippen molar-refractivity contribution >= 4 is 17.0 Å². The highest BCUT2D eigenvalue weighted by Crippen LogP contribution is 2.26. The van der Waals surface area contributed by atoms with Gasteiger partial charge in [-0.25, -0.2) is 14.4 Å². The number of ether oxygens (including phenoxy) is 1. The number of rotatable bonds is 3. The van der Waals surface area contributed by atoms with E-state index in [1.165, 1.54) is 12.1 Å². The number of anilines is 1. The van der Waals surface area contributed by atoms with E-state index in [1.54, 1.807) is 31.2 Å². The average Bonchev–Trinajstić information content (AvgIpc) is 2.55. The Balaban J connectivity index is 2.17. The Kier molecular flexibility index (Phi) is 3.75. The highest BCUT2D eigenvalue weighted by atomic mass is 19.1. The summed E-state index contributed by atoms with van der Waals surface area (Å²) in [4.78, 5) is 12.7. The highest BCUT2D eigenvalue weighted by molar-refractivity contribution is 5.83. The monoisotopic (exact) mass is 308 g/mol. The van der Waals surface area contributed by atoms with Crippen LogP contribution in [0.1, 0.15) is 6.92 Å². The quantitative estimate of drug-likeness (QED) is 0.592. The van der Waals surface area contributed by atoms with Gasteiger partial charge in [-0.1, -0.05) is 12.3 Å². The molecule has 2 N–H and O–H groups in total. The molecule has 0 radical (unpaired) electrons. The smallest absolute Gasteiger partial charge is 0.251 e. The minimum Gasteiger partial charge on any atom is -0.433 e. The fourth-order valence-corrected chi connectivity index (χ4v) is 2.04. The molecule has 0 unspecified atom stereocenters. The first-order chi connectivity index (χ1) is 11.1. The van der Waals surface area contributed by atoms with Crippen LogP contribution in [0.25, 0.3) is 22.3 Å². The molecule has 0 aliphatic rings.